The van der Waals surface area contributed by atoms with Crippen molar-refractivity contribution in [1.82, 2.24) is 5.32 Å². The Kier molecular flexibility index (Phi) is 7.72. The van der Waals surface area contributed by atoms with E-state index in [1.807, 2.05) is 6.92 Å². The lowest BCUT2D eigenvalue weighted by molar-refractivity contribution is 0.0373. The van der Waals surface area contributed by atoms with Crippen molar-refractivity contribution in [3.05, 3.63) is 0 Å². The van der Waals surface area contributed by atoms with Gasteiger partial charge in [0.15, 0.2) is 0 Å². The van der Waals surface area contributed by atoms with Gasteiger partial charge in [-0.1, -0.05) is 6.92 Å². The summed E-state index contributed by atoms with van der Waals surface area (Å²) >= 11 is 0. The number of hydrogen-bond donors (Lipinski definition) is 1. The maximum atomic E-state index is 5.37. The Labute approximate surface area is 65.9 Å². The number of ether oxygens (including phenoxy) is 1. The van der Waals surface area contributed by atoms with Crippen molar-refractivity contribution >= 4 is 9.24 Å². The van der Waals surface area contributed by atoms with Gasteiger partial charge < -0.3 is 4.74 Å². The van der Waals surface area contributed by atoms with Gasteiger partial charge in [-0.3, -0.25) is 5.32 Å². The predicted molar refractivity (Wildman–Crippen MR) is 48.3 cm³/mol. The second-order valence-electron chi connectivity index (χ2n) is 2.10. The number of rotatable bonds is 6. The maximum Gasteiger partial charge on any atom is 0.107 e. The molecule has 1 N–H and O–H groups in total. The van der Waals surface area contributed by atoms with Crippen molar-refractivity contribution in [1.29, 1.82) is 0 Å². The topological polar surface area (TPSA) is 21.3 Å². The molecule has 2 nitrogen and oxygen atoms in total. The average molecular weight is 163 g/mol. The van der Waals surface area contributed by atoms with Gasteiger partial charge in [0.25, 0.3) is 0 Å². The van der Waals surface area contributed by atoms with Crippen molar-refractivity contribution in [3.63, 3.8) is 0 Å². The quantitative estimate of drug-likeness (QED) is 0.469. The van der Waals surface area contributed by atoms with Gasteiger partial charge in [-0.25, -0.2) is 0 Å². The Morgan fingerprint density at radius 3 is 2.60 bits per heavy atom. The summed E-state index contributed by atoms with van der Waals surface area (Å²) in [6.07, 6.45) is 2.38. The maximum absolute atomic E-state index is 5.37. The Balaban J connectivity index is 3.21. The fourth-order valence-corrected chi connectivity index (χ4v) is 0.933. The van der Waals surface area contributed by atoms with E-state index in [4.69, 9.17) is 4.74 Å². The van der Waals surface area contributed by atoms with Crippen LogP contribution >= 0.6 is 9.24 Å². The van der Waals surface area contributed by atoms with Gasteiger partial charge >= 0.3 is 0 Å². The first-order chi connectivity index (χ1) is 4.85. The van der Waals surface area contributed by atoms with Crippen LogP contribution in [0, 0.1) is 0 Å². The van der Waals surface area contributed by atoms with Gasteiger partial charge in [-0.15, -0.1) is 9.24 Å². The molecule has 0 bridgehead atoms. The normalized spacial score (nSPS) is 13.5. The van der Waals surface area contributed by atoms with E-state index in [0.717, 1.165) is 25.7 Å². The van der Waals surface area contributed by atoms with E-state index in [-0.39, 0.29) is 6.23 Å². The molecule has 0 aliphatic rings. The van der Waals surface area contributed by atoms with Crippen LogP contribution in [0.25, 0.3) is 0 Å². The van der Waals surface area contributed by atoms with Crippen molar-refractivity contribution < 1.29 is 4.74 Å². The van der Waals surface area contributed by atoms with Crippen LogP contribution < -0.4 is 5.32 Å². The molecule has 0 saturated carbocycles. The Hall–Kier alpha value is 0.350. The van der Waals surface area contributed by atoms with Crippen LogP contribution in [0.4, 0.5) is 0 Å². The van der Waals surface area contributed by atoms with Gasteiger partial charge in [0.2, 0.25) is 0 Å². The van der Waals surface area contributed by atoms with Crippen LogP contribution in [0.3, 0.4) is 0 Å². The van der Waals surface area contributed by atoms with Gasteiger partial charge in [0.1, 0.15) is 6.23 Å². The number of nitrogens with one attached hydrogen (secondary N) is 1. The van der Waals surface area contributed by atoms with Crippen molar-refractivity contribution in [2.45, 2.75) is 26.5 Å². The largest absolute Gasteiger partial charge is 0.364 e. The van der Waals surface area contributed by atoms with Crippen LogP contribution in [-0.2, 0) is 4.74 Å². The van der Waals surface area contributed by atoms with E-state index >= 15 is 0 Å². The molecule has 0 amide bonds. The van der Waals surface area contributed by atoms with Gasteiger partial charge in [-0.2, -0.15) is 0 Å². The molecule has 0 aliphatic carbocycles. The molecule has 0 heterocycles. The molecule has 0 spiro atoms. The van der Waals surface area contributed by atoms with E-state index < -0.39 is 0 Å². The minimum atomic E-state index is 0.255. The van der Waals surface area contributed by atoms with Crippen LogP contribution in [0.2, 0.25) is 0 Å². The van der Waals surface area contributed by atoms with Crippen LogP contribution in [0.5, 0.6) is 0 Å². The van der Waals surface area contributed by atoms with Crippen molar-refractivity contribution in [2.75, 3.05) is 19.3 Å². The average Bonchev–Trinajstić information content (AvgIpc) is 1.98. The standard InChI is InChI=1S/C7H18NOP/c1-3-7(9-4-2)8-5-6-10/h7-8H,3-6,10H2,1-2H3. The summed E-state index contributed by atoms with van der Waals surface area (Å²) in [4.78, 5) is 0. The first-order valence-electron chi connectivity index (χ1n) is 3.90. The summed E-state index contributed by atoms with van der Waals surface area (Å²) in [6, 6.07) is 0. The molecule has 0 rings (SSSR count). The van der Waals surface area contributed by atoms with E-state index in [9.17, 15) is 0 Å². The monoisotopic (exact) mass is 163 g/mol. The third-order valence-electron chi connectivity index (χ3n) is 1.25. The number of hydrogen-bond acceptors (Lipinski definition) is 2. The van der Waals surface area contributed by atoms with Crippen molar-refractivity contribution in [2.24, 2.45) is 0 Å². The molecule has 0 saturated heterocycles. The lowest BCUT2D eigenvalue weighted by Crippen LogP contribution is -2.32. The highest BCUT2D eigenvalue weighted by molar-refractivity contribution is 7.16. The first kappa shape index (κ1) is 10.3. The van der Waals surface area contributed by atoms with E-state index in [1.165, 1.54) is 0 Å². The minimum Gasteiger partial charge on any atom is -0.364 e. The van der Waals surface area contributed by atoms with Gasteiger partial charge in [0, 0.05) is 13.2 Å². The summed E-state index contributed by atoms with van der Waals surface area (Å²) in [5.74, 6) is 0. The summed E-state index contributed by atoms with van der Waals surface area (Å²) in [5.41, 5.74) is 0. The molecule has 10 heavy (non-hydrogen) atoms. The summed E-state index contributed by atoms with van der Waals surface area (Å²) in [5, 5.41) is 3.28. The van der Waals surface area contributed by atoms with E-state index in [1.54, 1.807) is 0 Å². The van der Waals surface area contributed by atoms with Crippen molar-refractivity contribution in [3.8, 4) is 0 Å². The highest BCUT2D eigenvalue weighted by atomic mass is 31.0. The van der Waals surface area contributed by atoms with Gasteiger partial charge in [-0.05, 0) is 19.5 Å². The highest BCUT2D eigenvalue weighted by Crippen LogP contribution is 1.92. The molecule has 0 fully saturated rings. The second kappa shape index (κ2) is 7.46. The zero-order valence-electron chi connectivity index (χ0n) is 6.89. The lowest BCUT2D eigenvalue weighted by Gasteiger charge is -2.15. The Morgan fingerprint density at radius 2 is 2.20 bits per heavy atom. The van der Waals surface area contributed by atoms with E-state index in [0.29, 0.717) is 0 Å². The third kappa shape index (κ3) is 5.16. The molecular weight excluding hydrogens is 145 g/mol. The molecule has 0 aromatic carbocycles. The molecule has 62 valence electrons. The predicted octanol–water partition coefficient (Wildman–Crippen LogP) is 1.22. The zero-order valence-corrected chi connectivity index (χ0v) is 8.05. The fraction of sp³-hybridized carbons (Fsp3) is 1.00. The highest BCUT2D eigenvalue weighted by Gasteiger charge is 2.00. The molecule has 2 unspecified atom stereocenters. The van der Waals surface area contributed by atoms with Gasteiger partial charge in [0.05, 0.1) is 0 Å². The molecule has 2 atom stereocenters. The van der Waals surface area contributed by atoms with Crippen LogP contribution in [0.1, 0.15) is 20.3 Å². The molecule has 3 heteroatoms. The molecule has 0 aromatic heterocycles. The summed E-state index contributed by atoms with van der Waals surface area (Å²) in [7, 11) is 2.68. The molecule has 0 aliphatic heterocycles. The Morgan fingerprint density at radius 1 is 1.50 bits per heavy atom. The fourth-order valence-electron chi connectivity index (χ4n) is 0.767. The Bertz CT molecular complexity index is 70.6. The van der Waals surface area contributed by atoms with Crippen LogP contribution in [-0.4, -0.2) is 25.5 Å². The minimum absolute atomic E-state index is 0.255. The zero-order chi connectivity index (χ0) is 7.82. The smallest absolute Gasteiger partial charge is 0.107 e. The first-order valence-corrected chi connectivity index (χ1v) is 4.71. The SMILES string of the molecule is CCOC(CC)NCCP. The molecule has 0 aromatic rings. The second-order valence-corrected chi connectivity index (χ2v) is 2.67. The van der Waals surface area contributed by atoms with Crippen LogP contribution in [0.15, 0.2) is 0 Å². The third-order valence-corrected chi connectivity index (χ3v) is 1.54. The summed E-state index contributed by atoms with van der Waals surface area (Å²) in [6.45, 7) is 5.95. The molecular formula is C7H18NOP. The lowest BCUT2D eigenvalue weighted by atomic mass is 10.4. The van der Waals surface area contributed by atoms with E-state index in [2.05, 4.69) is 21.5 Å². The molecule has 0 radical (unpaired) electrons. The summed E-state index contributed by atoms with van der Waals surface area (Å²) < 4.78 is 5.37.